The van der Waals surface area contributed by atoms with Gasteiger partial charge in [0.1, 0.15) is 11.4 Å². The van der Waals surface area contributed by atoms with Crippen molar-refractivity contribution in [2.45, 2.75) is 54.0 Å². The first-order chi connectivity index (χ1) is 16.6. The summed E-state index contributed by atoms with van der Waals surface area (Å²) in [6.07, 6.45) is 3.33. The topological polar surface area (TPSA) is 148 Å². The molecule has 2 aromatic carbocycles. The van der Waals surface area contributed by atoms with E-state index in [1.807, 2.05) is 0 Å². The van der Waals surface area contributed by atoms with E-state index in [0.717, 1.165) is 32.1 Å². The number of amides is 1. The van der Waals surface area contributed by atoms with Crippen LogP contribution in [-0.2, 0) is 21.0 Å². The molecule has 0 bridgehead atoms. The normalized spacial score (nSPS) is 18.3. The first kappa shape index (κ1) is 26.9. The number of aliphatic hydroxyl groups is 1. The van der Waals surface area contributed by atoms with E-state index in [0.29, 0.717) is 11.3 Å². The smallest absolute Gasteiger partial charge is 0.406 e. The number of nitrogens with one attached hydrogen (secondary N) is 1. The van der Waals surface area contributed by atoms with Gasteiger partial charge in [0.05, 0.1) is 18.6 Å². The Morgan fingerprint density at radius 3 is 2.29 bits per heavy atom. The van der Waals surface area contributed by atoms with E-state index in [2.05, 4.69) is 5.32 Å². The van der Waals surface area contributed by atoms with E-state index >= 15 is 0 Å². The second kappa shape index (κ2) is 11.4. The Hall–Kier alpha value is -2.66. The van der Waals surface area contributed by atoms with E-state index in [-0.39, 0.29) is 23.8 Å². The van der Waals surface area contributed by atoms with Crippen molar-refractivity contribution in [3.63, 3.8) is 0 Å². The Kier molecular flexibility index (Phi) is 8.76. The van der Waals surface area contributed by atoms with Crippen molar-refractivity contribution in [2.24, 2.45) is 11.7 Å². The van der Waals surface area contributed by atoms with E-state index in [1.165, 1.54) is 31.4 Å². The maximum absolute atomic E-state index is 13.9. The molecule has 0 heterocycles. The molecule has 10 heteroatoms. The molecule has 0 radical (unpaired) electrons. The monoisotopic (exact) mass is 506 g/mol. The number of carbonyl (C=O) groups is 1. The van der Waals surface area contributed by atoms with Crippen molar-refractivity contribution in [2.75, 3.05) is 20.3 Å². The highest BCUT2D eigenvalue weighted by Gasteiger charge is 2.59. The third kappa shape index (κ3) is 6.13. The van der Waals surface area contributed by atoms with Crippen molar-refractivity contribution in [3.05, 3.63) is 60.2 Å². The van der Waals surface area contributed by atoms with Gasteiger partial charge in [0.2, 0.25) is 14.8 Å². The molecule has 1 saturated carbocycles. The number of hydrogen-bond acceptors (Lipinski definition) is 7. The lowest BCUT2D eigenvalue weighted by Crippen LogP contribution is -2.75. The van der Waals surface area contributed by atoms with E-state index < -0.39 is 33.1 Å². The van der Waals surface area contributed by atoms with Crippen LogP contribution in [0.5, 0.6) is 5.75 Å². The molecule has 9 nitrogen and oxygen atoms in total. The summed E-state index contributed by atoms with van der Waals surface area (Å²) < 4.78 is 38.6. The minimum absolute atomic E-state index is 0.239. The van der Waals surface area contributed by atoms with E-state index in [1.54, 1.807) is 30.3 Å². The molecule has 192 valence electrons. The first-order valence-corrected chi connectivity index (χ1v) is 13.1. The molecule has 1 aliphatic rings. The highest BCUT2D eigenvalue weighted by Crippen LogP contribution is 2.35. The van der Waals surface area contributed by atoms with Gasteiger partial charge < -0.3 is 25.4 Å². The molecule has 0 aliphatic heterocycles. The summed E-state index contributed by atoms with van der Waals surface area (Å²) in [5.41, 5.74) is 4.70. The zero-order valence-corrected chi connectivity index (χ0v) is 20.7. The molecule has 0 aromatic heterocycles. The average molecular weight is 507 g/mol. The first-order valence-electron chi connectivity index (χ1n) is 11.6. The number of carboxylic acid groups (broad SMARTS) is 1. The molecule has 2 atom stereocenters. The van der Waals surface area contributed by atoms with Crippen LogP contribution in [0.3, 0.4) is 0 Å². The molecule has 0 spiro atoms. The van der Waals surface area contributed by atoms with Gasteiger partial charge in [-0.25, -0.2) is 13.2 Å². The van der Waals surface area contributed by atoms with Gasteiger partial charge in [0.15, 0.2) is 0 Å². The van der Waals surface area contributed by atoms with Crippen LogP contribution >= 0.6 is 0 Å². The second-order valence-corrected chi connectivity index (χ2v) is 11.2. The number of benzene rings is 2. The van der Waals surface area contributed by atoms with Crippen LogP contribution in [0, 0.1) is 5.92 Å². The van der Waals surface area contributed by atoms with E-state index in [4.69, 9.17) is 15.2 Å². The molecule has 0 saturated heterocycles. The summed E-state index contributed by atoms with van der Waals surface area (Å²) in [5, 5.41) is 23.5. The highest BCUT2D eigenvalue weighted by molar-refractivity contribution is 7.92. The van der Waals surface area contributed by atoms with Gasteiger partial charge in [-0.1, -0.05) is 49.6 Å². The Balaban J connectivity index is 2.02. The molecular weight excluding hydrogens is 472 g/mol. The lowest BCUT2D eigenvalue weighted by atomic mass is 9.90. The summed E-state index contributed by atoms with van der Waals surface area (Å²) in [6.45, 7) is -0.462. The largest absolute Gasteiger partial charge is 0.497 e. The minimum atomic E-state index is -4.63. The van der Waals surface area contributed by atoms with Crippen molar-refractivity contribution < 1.29 is 32.9 Å². The SMILES string of the molecule is COc1ccc(S(=O)(=O)[C@@](O)(COCC2CCCCC2)[C@](N)(Cc2ccccc2)NC(=O)O)cc1. The van der Waals surface area contributed by atoms with Crippen molar-refractivity contribution in [1.29, 1.82) is 0 Å². The molecule has 3 rings (SSSR count). The molecule has 0 unspecified atom stereocenters. The van der Waals surface area contributed by atoms with Gasteiger partial charge in [-0.05, 0) is 48.6 Å². The lowest BCUT2D eigenvalue weighted by molar-refractivity contribution is -0.0562. The van der Waals surface area contributed by atoms with Crippen molar-refractivity contribution in [1.82, 2.24) is 5.32 Å². The van der Waals surface area contributed by atoms with Gasteiger partial charge >= 0.3 is 6.09 Å². The maximum Gasteiger partial charge on any atom is 0.406 e. The Morgan fingerprint density at radius 1 is 1.09 bits per heavy atom. The number of methoxy groups -OCH3 is 1. The average Bonchev–Trinajstić information content (AvgIpc) is 2.84. The van der Waals surface area contributed by atoms with Crippen LogP contribution in [0.1, 0.15) is 37.7 Å². The Bertz CT molecular complexity index is 1070. The van der Waals surface area contributed by atoms with E-state index in [9.17, 15) is 23.4 Å². The predicted octanol–water partition coefficient (Wildman–Crippen LogP) is 2.92. The number of nitrogens with two attached hydrogens (primary N) is 1. The summed E-state index contributed by atoms with van der Waals surface area (Å²) >= 11 is 0. The molecule has 35 heavy (non-hydrogen) atoms. The van der Waals surface area contributed by atoms with Crippen LogP contribution in [0.2, 0.25) is 0 Å². The molecule has 5 N–H and O–H groups in total. The van der Waals surface area contributed by atoms with Gasteiger partial charge in [-0.15, -0.1) is 0 Å². The van der Waals surface area contributed by atoms with Crippen LogP contribution in [0.15, 0.2) is 59.5 Å². The van der Waals surface area contributed by atoms with Crippen LogP contribution in [0.4, 0.5) is 4.79 Å². The van der Waals surface area contributed by atoms with Gasteiger partial charge in [0.25, 0.3) is 0 Å². The minimum Gasteiger partial charge on any atom is -0.497 e. The molecule has 1 fully saturated rings. The van der Waals surface area contributed by atoms with Crippen LogP contribution in [-0.4, -0.2) is 55.6 Å². The number of hydrogen-bond donors (Lipinski definition) is 4. The number of rotatable bonds is 11. The molecule has 2 aromatic rings. The summed E-state index contributed by atoms with van der Waals surface area (Å²) in [5.74, 6) is 0.665. The lowest BCUT2D eigenvalue weighted by Gasteiger charge is -2.43. The van der Waals surface area contributed by atoms with Crippen LogP contribution in [0.25, 0.3) is 0 Å². The fourth-order valence-corrected chi connectivity index (χ4v) is 6.23. The summed E-state index contributed by atoms with van der Waals surface area (Å²) in [4.78, 5) is 8.70. The third-order valence-corrected chi connectivity index (χ3v) is 8.81. The van der Waals surface area contributed by atoms with Gasteiger partial charge in [-0.3, -0.25) is 5.32 Å². The number of sulfone groups is 1. The number of ether oxygens (including phenoxy) is 2. The third-order valence-electron chi connectivity index (χ3n) is 6.54. The molecule has 1 amide bonds. The van der Waals surface area contributed by atoms with Crippen molar-refractivity contribution in [3.8, 4) is 5.75 Å². The molecular formula is C25H34N2O7S. The fraction of sp³-hybridized carbons (Fsp3) is 0.480. The standard InChI is InChI=1S/C25H34N2O7S/c1-33-21-12-14-22(15-13-21)35(31,32)25(30,18-34-17-20-10-6-3-7-11-20)24(26,27-23(28)29)16-19-8-4-2-5-9-19/h2,4-5,8-9,12-15,20,27,30H,3,6-7,10-11,16-18,26H2,1H3,(H,28,29)/t24-,25-/m0/s1. The molecule has 1 aliphatic carbocycles. The van der Waals surface area contributed by atoms with Crippen molar-refractivity contribution >= 4 is 15.9 Å². The zero-order chi connectivity index (χ0) is 25.5. The van der Waals surface area contributed by atoms with Gasteiger partial charge in [0, 0.05) is 13.0 Å². The zero-order valence-electron chi connectivity index (χ0n) is 19.9. The highest BCUT2D eigenvalue weighted by atomic mass is 32.2. The quantitative estimate of drug-likeness (QED) is 0.340. The Labute approximate surface area is 206 Å². The van der Waals surface area contributed by atoms with Crippen LogP contribution < -0.4 is 15.8 Å². The summed E-state index contributed by atoms with van der Waals surface area (Å²) in [6, 6.07) is 14.0. The predicted molar refractivity (Wildman–Crippen MR) is 131 cm³/mol. The second-order valence-electron chi connectivity index (χ2n) is 9.05. The van der Waals surface area contributed by atoms with Gasteiger partial charge in [-0.2, -0.15) is 0 Å². The summed E-state index contributed by atoms with van der Waals surface area (Å²) in [7, 11) is -3.18. The Morgan fingerprint density at radius 2 is 1.71 bits per heavy atom. The maximum atomic E-state index is 13.9. The fourth-order valence-electron chi connectivity index (χ4n) is 4.50.